The molecular weight excluding hydrogens is 526 g/mol. The van der Waals surface area contributed by atoms with E-state index >= 15 is 0 Å². The van der Waals surface area contributed by atoms with Crippen LogP contribution in [-0.2, 0) is 11.2 Å². The van der Waals surface area contributed by atoms with Gasteiger partial charge in [-0.2, -0.15) is 0 Å². The molecular formula is C32H31NO6S-2. The minimum atomic E-state index is -1.35. The average molecular weight is 558 g/mol. The van der Waals surface area contributed by atoms with Gasteiger partial charge in [0.1, 0.15) is 18.1 Å². The molecule has 0 aliphatic carbocycles. The highest BCUT2D eigenvalue weighted by Gasteiger charge is 2.17. The van der Waals surface area contributed by atoms with Gasteiger partial charge in [-0.05, 0) is 104 Å². The van der Waals surface area contributed by atoms with Crippen molar-refractivity contribution in [1.82, 2.24) is 4.90 Å². The lowest BCUT2D eigenvalue weighted by atomic mass is 9.98. The number of benzene rings is 3. The fourth-order valence-corrected chi connectivity index (χ4v) is 6.29. The van der Waals surface area contributed by atoms with Crippen molar-refractivity contribution in [3.8, 4) is 21.9 Å². The van der Waals surface area contributed by atoms with Gasteiger partial charge in [0.05, 0.1) is 12.6 Å². The van der Waals surface area contributed by atoms with Gasteiger partial charge < -0.3 is 29.3 Å². The van der Waals surface area contributed by atoms with Crippen molar-refractivity contribution in [3.05, 3.63) is 83.4 Å². The van der Waals surface area contributed by atoms with Crippen LogP contribution in [0.5, 0.6) is 11.5 Å². The van der Waals surface area contributed by atoms with Crippen molar-refractivity contribution >= 4 is 33.4 Å². The predicted octanol–water partition coefficient (Wildman–Crippen LogP) is 3.91. The number of hydrogen-bond acceptors (Lipinski definition) is 8. The number of thiophene rings is 1. The number of carbonyl (C=O) groups is 2. The normalized spacial score (nSPS) is 13.5. The summed E-state index contributed by atoms with van der Waals surface area (Å²) < 4.78 is 12.7. The number of fused-ring (bicyclic) bond motifs is 1. The van der Waals surface area contributed by atoms with Crippen molar-refractivity contribution in [3.63, 3.8) is 0 Å². The van der Waals surface area contributed by atoms with Crippen LogP contribution >= 0.6 is 11.3 Å². The molecule has 1 aromatic heterocycles. The zero-order valence-corrected chi connectivity index (χ0v) is 23.0. The molecule has 0 bridgehead atoms. The minimum Gasteiger partial charge on any atom is -0.550 e. The highest BCUT2D eigenvalue weighted by atomic mass is 32.1. The molecule has 1 fully saturated rings. The number of likely N-dealkylation sites (tertiary alicyclic amines) is 1. The van der Waals surface area contributed by atoms with Crippen LogP contribution < -0.4 is 19.7 Å². The molecule has 0 radical (unpaired) electrons. The van der Waals surface area contributed by atoms with Crippen molar-refractivity contribution in [1.29, 1.82) is 0 Å². The van der Waals surface area contributed by atoms with Crippen LogP contribution in [0.15, 0.2) is 66.7 Å². The first-order valence-electron chi connectivity index (χ1n) is 13.6. The Morgan fingerprint density at radius 3 is 2.42 bits per heavy atom. The number of aliphatic carboxylic acids is 1. The van der Waals surface area contributed by atoms with Gasteiger partial charge in [-0.25, -0.2) is 0 Å². The monoisotopic (exact) mass is 557 g/mol. The molecule has 1 saturated heterocycles. The van der Waals surface area contributed by atoms with E-state index in [9.17, 15) is 19.8 Å². The molecule has 208 valence electrons. The fourth-order valence-electron chi connectivity index (χ4n) is 5.07. The van der Waals surface area contributed by atoms with Gasteiger partial charge in [0.15, 0.2) is 0 Å². The SMILES string of the molecule is O=C([O-])CCCOc1ccc(-c2sc3ccccc3c2Cc2ccc(OCCN3CCCC3)cc2)cc1C(=O)[O-]. The van der Waals surface area contributed by atoms with Gasteiger partial charge in [0.2, 0.25) is 0 Å². The topological polar surface area (TPSA) is 102 Å². The number of rotatable bonds is 13. The second kappa shape index (κ2) is 13.0. The van der Waals surface area contributed by atoms with Crippen LogP contribution in [0.3, 0.4) is 0 Å². The molecule has 1 aliphatic heterocycles. The lowest BCUT2D eigenvalue weighted by Gasteiger charge is -2.15. The summed E-state index contributed by atoms with van der Waals surface area (Å²) in [5.74, 6) is -1.51. The predicted molar refractivity (Wildman–Crippen MR) is 152 cm³/mol. The summed E-state index contributed by atoms with van der Waals surface area (Å²) in [6.07, 6.45) is 3.28. The Kier molecular flexibility index (Phi) is 8.98. The van der Waals surface area contributed by atoms with E-state index in [0.717, 1.165) is 57.0 Å². The first-order chi connectivity index (χ1) is 19.5. The molecule has 0 saturated carbocycles. The Labute approximate surface area is 237 Å². The molecule has 0 unspecified atom stereocenters. The van der Waals surface area contributed by atoms with Crippen LogP contribution in [0.2, 0.25) is 0 Å². The number of carbonyl (C=O) groups excluding carboxylic acids is 2. The third-order valence-corrected chi connectivity index (χ3v) is 8.38. The van der Waals surface area contributed by atoms with Crippen molar-refractivity contribution in [2.75, 3.05) is 32.8 Å². The minimum absolute atomic E-state index is 0.0650. The molecule has 5 rings (SSSR count). The fraction of sp³-hybridized carbons (Fsp3) is 0.312. The largest absolute Gasteiger partial charge is 0.550 e. The third-order valence-electron chi connectivity index (χ3n) is 7.12. The quantitative estimate of drug-likeness (QED) is 0.230. The number of nitrogens with zero attached hydrogens (tertiary/aromatic N) is 1. The van der Waals surface area contributed by atoms with E-state index in [1.807, 2.05) is 30.3 Å². The van der Waals surface area contributed by atoms with Gasteiger partial charge >= 0.3 is 0 Å². The molecule has 4 aromatic rings. The molecule has 0 spiro atoms. The van der Waals surface area contributed by atoms with Gasteiger partial charge in [-0.1, -0.05) is 30.3 Å². The standard InChI is InChI=1S/C32H33NO6S/c34-30(35)8-5-18-39-28-14-11-23(21-27(28)32(36)37)31-26(25-6-1-2-7-29(25)40-31)20-22-9-12-24(13-10-22)38-19-17-33-15-3-4-16-33/h1-2,6-7,9-14,21H,3-5,8,15-20H2,(H,34,35)(H,36,37)/p-2. The molecule has 0 N–H and O–H groups in total. The van der Waals surface area contributed by atoms with Crippen molar-refractivity contribution in [2.24, 2.45) is 0 Å². The first kappa shape index (κ1) is 27.7. The Morgan fingerprint density at radius 2 is 1.68 bits per heavy atom. The number of hydrogen-bond donors (Lipinski definition) is 0. The summed E-state index contributed by atoms with van der Waals surface area (Å²) in [7, 11) is 0. The van der Waals surface area contributed by atoms with Crippen molar-refractivity contribution < 1.29 is 29.3 Å². The first-order valence-corrected chi connectivity index (χ1v) is 14.4. The summed E-state index contributed by atoms with van der Waals surface area (Å²) >= 11 is 1.62. The summed E-state index contributed by atoms with van der Waals surface area (Å²) in [6, 6.07) is 21.4. The van der Waals surface area contributed by atoms with Crippen LogP contribution in [0, 0.1) is 0 Å². The van der Waals surface area contributed by atoms with Crippen LogP contribution in [0.4, 0.5) is 0 Å². The summed E-state index contributed by atoms with van der Waals surface area (Å²) in [5, 5.41) is 23.8. The Hall–Kier alpha value is -3.88. The van der Waals surface area contributed by atoms with E-state index in [-0.39, 0.29) is 30.8 Å². The number of aromatic carboxylic acids is 1. The molecule has 40 heavy (non-hydrogen) atoms. The molecule has 2 heterocycles. The molecule has 1 aliphatic rings. The summed E-state index contributed by atoms with van der Waals surface area (Å²) in [5.41, 5.74) is 2.95. The molecule has 0 amide bonds. The maximum Gasteiger partial charge on any atom is 0.128 e. The van der Waals surface area contributed by atoms with E-state index in [4.69, 9.17) is 9.47 Å². The Morgan fingerprint density at radius 1 is 0.900 bits per heavy atom. The smallest absolute Gasteiger partial charge is 0.128 e. The maximum atomic E-state index is 12.0. The molecule has 8 heteroatoms. The number of ether oxygens (including phenoxy) is 2. The highest BCUT2D eigenvalue weighted by molar-refractivity contribution is 7.22. The lowest BCUT2D eigenvalue weighted by Crippen LogP contribution is -2.25. The van der Waals surface area contributed by atoms with Gasteiger partial charge in [0.25, 0.3) is 0 Å². The van der Waals surface area contributed by atoms with E-state index in [1.54, 1.807) is 23.5 Å². The van der Waals surface area contributed by atoms with E-state index in [0.29, 0.717) is 13.0 Å². The van der Waals surface area contributed by atoms with Gasteiger partial charge in [0, 0.05) is 27.7 Å². The summed E-state index contributed by atoms with van der Waals surface area (Å²) in [6.45, 7) is 4.01. The molecule has 3 aromatic carbocycles. The highest BCUT2D eigenvalue weighted by Crippen LogP contribution is 2.41. The van der Waals surface area contributed by atoms with Crippen LogP contribution in [0.1, 0.15) is 47.2 Å². The van der Waals surface area contributed by atoms with E-state index < -0.39 is 11.9 Å². The second-order valence-corrected chi connectivity index (χ2v) is 11.0. The zero-order chi connectivity index (χ0) is 27.9. The number of carboxylic acid groups (broad SMARTS) is 2. The third kappa shape index (κ3) is 6.81. The Bertz CT molecular complexity index is 1470. The maximum absolute atomic E-state index is 12.0. The number of carboxylic acids is 2. The average Bonchev–Trinajstić information content (AvgIpc) is 3.60. The van der Waals surface area contributed by atoms with Gasteiger partial charge in [-0.3, -0.25) is 4.90 Å². The van der Waals surface area contributed by atoms with E-state index in [2.05, 4.69) is 29.2 Å². The second-order valence-electron chi connectivity index (χ2n) is 9.95. The lowest BCUT2D eigenvalue weighted by molar-refractivity contribution is -0.305. The van der Waals surface area contributed by atoms with E-state index in [1.165, 1.54) is 12.8 Å². The Balaban J connectivity index is 1.36. The van der Waals surface area contributed by atoms with Crippen LogP contribution in [-0.4, -0.2) is 49.7 Å². The van der Waals surface area contributed by atoms with Crippen LogP contribution in [0.25, 0.3) is 20.5 Å². The zero-order valence-electron chi connectivity index (χ0n) is 22.2. The van der Waals surface area contributed by atoms with Crippen molar-refractivity contribution in [2.45, 2.75) is 32.1 Å². The molecule has 7 nitrogen and oxygen atoms in total. The molecule has 0 atom stereocenters. The van der Waals surface area contributed by atoms with Gasteiger partial charge in [-0.15, -0.1) is 11.3 Å². The summed E-state index contributed by atoms with van der Waals surface area (Å²) in [4.78, 5) is 26.0.